The van der Waals surface area contributed by atoms with Gasteiger partial charge < -0.3 is 12.4 Å². The Kier molecular flexibility index (Phi) is 5.16. The fourth-order valence-corrected chi connectivity index (χ4v) is 1.77. The average Bonchev–Trinajstić information content (AvgIpc) is 2.70. The maximum absolute atomic E-state index is 4.31. The van der Waals surface area contributed by atoms with Crippen LogP contribution < -0.4 is 17.0 Å². The molecule has 0 fully saturated rings. The van der Waals surface area contributed by atoms with E-state index < -0.39 is 0 Å². The largest absolute Gasteiger partial charge is 1.00 e. The van der Waals surface area contributed by atoms with E-state index in [1.807, 2.05) is 11.0 Å². The second-order valence-corrected chi connectivity index (χ2v) is 4.11. The van der Waals surface area contributed by atoms with Crippen LogP contribution >= 0.6 is 0 Å². The lowest BCUT2D eigenvalue weighted by Gasteiger charge is -2.01. The van der Waals surface area contributed by atoms with Crippen molar-refractivity contribution in [3.05, 3.63) is 48.0 Å². The van der Waals surface area contributed by atoms with E-state index in [0.29, 0.717) is 0 Å². The second-order valence-electron chi connectivity index (χ2n) is 4.11. The maximum Gasteiger partial charge on any atom is 0.265 e. The quantitative estimate of drug-likeness (QED) is 0.635. The molecule has 0 aliphatic rings. The number of hydrogen-bond donors (Lipinski definition) is 0. The van der Waals surface area contributed by atoms with Gasteiger partial charge in [0.25, 0.3) is 6.33 Å². The van der Waals surface area contributed by atoms with E-state index in [1.165, 1.54) is 11.1 Å². The fourth-order valence-electron chi connectivity index (χ4n) is 1.77. The molecule has 0 spiro atoms. The second kappa shape index (κ2) is 6.40. The standard InChI is InChI=1S/C13H18N3.ClH/c1-3-8-16-11-15(10-14-16)9-13-7-5-4-6-12(13)2;/h4-7,10-11H,3,8-9H2,1-2H3;1H/q+1;/p-1. The van der Waals surface area contributed by atoms with Crippen LogP contribution in [0.1, 0.15) is 24.5 Å². The van der Waals surface area contributed by atoms with Gasteiger partial charge in [0.1, 0.15) is 6.54 Å². The molecule has 2 aromatic rings. The maximum atomic E-state index is 4.31. The molecule has 0 saturated carbocycles. The zero-order valence-electron chi connectivity index (χ0n) is 10.3. The van der Waals surface area contributed by atoms with Gasteiger partial charge in [0, 0.05) is 5.10 Å². The monoisotopic (exact) mass is 251 g/mol. The fraction of sp³-hybridized carbons (Fsp3) is 0.385. The van der Waals surface area contributed by atoms with E-state index >= 15 is 0 Å². The lowest BCUT2D eigenvalue weighted by atomic mass is 10.1. The van der Waals surface area contributed by atoms with E-state index in [4.69, 9.17) is 0 Å². The molecular weight excluding hydrogens is 234 g/mol. The van der Waals surface area contributed by atoms with Crippen molar-refractivity contribution in [3.8, 4) is 0 Å². The average molecular weight is 252 g/mol. The summed E-state index contributed by atoms with van der Waals surface area (Å²) < 4.78 is 4.11. The molecule has 0 radical (unpaired) electrons. The van der Waals surface area contributed by atoms with Crippen LogP contribution in [0.25, 0.3) is 0 Å². The molecule has 0 unspecified atom stereocenters. The Morgan fingerprint density at radius 1 is 1.29 bits per heavy atom. The summed E-state index contributed by atoms with van der Waals surface area (Å²) in [5.74, 6) is 0. The lowest BCUT2D eigenvalue weighted by molar-refractivity contribution is -0.689. The first-order valence-electron chi connectivity index (χ1n) is 5.75. The number of rotatable bonds is 4. The van der Waals surface area contributed by atoms with Gasteiger partial charge in [0.15, 0.2) is 0 Å². The molecule has 4 heteroatoms. The number of hydrogen-bond acceptors (Lipinski definition) is 1. The van der Waals surface area contributed by atoms with Crippen LogP contribution in [0.3, 0.4) is 0 Å². The predicted molar refractivity (Wildman–Crippen MR) is 63.0 cm³/mol. The first-order chi connectivity index (χ1) is 7.79. The van der Waals surface area contributed by atoms with E-state index in [0.717, 1.165) is 19.5 Å². The highest BCUT2D eigenvalue weighted by Crippen LogP contribution is 2.05. The molecule has 0 N–H and O–H groups in total. The highest BCUT2D eigenvalue weighted by atomic mass is 35.5. The van der Waals surface area contributed by atoms with Gasteiger partial charge in [-0.15, -0.1) is 4.68 Å². The van der Waals surface area contributed by atoms with E-state index in [9.17, 15) is 0 Å². The van der Waals surface area contributed by atoms with Gasteiger partial charge in [-0.25, -0.2) is 4.57 Å². The molecule has 3 nitrogen and oxygen atoms in total. The van der Waals surface area contributed by atoms with E-state index in [2.05, 4.69) is 54.1 Å². The number of halogens is 1. The van der Waals surface area contributed by atoms with Gasteiger partial charge in [-0.3, -0.25) is 0 Å². The third-order valence-electron chi connectivity index (χ3n) is 2.70. The van der Waals surface area contributed by atoms with Gasteiger partial charge in [-0.05, 0) is 24.5 Å². The van der Waals surface area contributed by atoms with Gasteiger partial charge in [-0.1, -0.05) is 31.2 Å². The van der Waals surface area contributed by atoms with Crippen molar-refractivity contribution in [2.45, 2.75) is 33.4 Å². The Bertz CT molecular complexity index is 465. The Morgan fingerprint density at radius 2 is 2.06 bits per heavy atom. The molecule has 0 aliphatic carbocycles. The summed E-state index contributed by atoms with van der Waals surface area (Å²) in [5.41, 5.74) is 2.68. The summed E-state index contributed by atoms with van der Waals surface area (Å²) in [5, 5.41) is 4.31. The van der Waals surface area contributed by atoms with Crippen molar-refractivity contribution >= 4 is 0 Å². The SMILES string of the molecule is CCCn1c[n+](Cc2ccccc2C)cn1.[Cl-]. The van der Waals surface area contributed by atoms with Gasteiger partial charge in [0.2, 0.25) is 6.33 Å². The zero-order chi connectivity index (χ0) is 11.4. The summed E-state index contributed by atoms with van der Waals surface area (Å²) in [6.45, 7) is 6.19. The minimum absolute atomic E-state index is 0. The van der Waals surface area contributed by atoms with Crippen molar-refractivity contribution in [2.24, 2.45) is 0 Å². The Morgan fingerprint density at radius 3 is 2.76 bits per heavy atom. The van der Waals surface area contributed by atoms with Crippen LogP contribution in [0.5, 0.6) is 0 Å². The van der Waals surface area contributed by atoms with Crippen LogP contribution in [0.4, 0.5) is 0 Å². The highest BCUT2D eigenvalue weighted by molar-refractivity contribution is 5.24. The normalized spacial score (nSPS) is 10.0. The molecule has 0 bridgehead atoms. The molecule has 1 heterocycles. The molecule has 0 saturated heterocycles. The highest BCUT2D eigenvalue weighted by Gasteiger charge is 2.06. The van der Waals surface area contributed by atoms with Gasteiger partial charge in [0.05, 0.1) is 6.54 Å². The minimum Gasteiger partial charge on any atom is -1.00 e. The van der Waals surface area contributed by atoms with E-state index in [-0.39, 0.29) is 12.4 Å². The molecular formula is C13H18ClN3. The van der Waals surface area contributed by atoms with Gasteiger partial charge >= 0.3 is 0 Å². The summed E-state index contributed by atoms with van der Waals surface area (Å²) in [7, 11) is 0. The van der Waals surface area contributed by atoms with Crippen LogP contribution in [0.2, 0.25) is 0 Å². The van der Waals surface area contributed by atoms with Crippen LogP contribution in [-0.4, -0.2) is 9.78 Å². The number of nitrogens with zero attached hydrogens (tertiary/aromatic N) is 3. The van der Waals surface area contributed by atoms with Crippen LogP contribution in [0.15, 0.2) is 36.9 Å². The van der Waals surface area contributed by atoms with Gasteiger partial charge in [-0.2, -0.15) is 0 Å². The molecule has 2 rings (SSSR count). The molecule has 92 valence electrons. The first kappa shape index (κ1) is 13.7. The summed E-state index contributed by atoms with van der Waals surface area (Å²) in [4.78, 5) is 0. The molecule has 0 amide bonds. The van der Waals surface area contributed by atoms with Crippen molar-refractivity contribution in [3.63, 3.8) is 0 Å². The molecule has 1 aromatic carbocycles. The summed E-state index contributed by atoms with van der Waals surface area (Å²) in [6, 6.07) is 8.47. The topological polar surface area (TPSA) is 21.7 Å². The lowest BCUT2D eigenvalue weighted by Crippen LogP contribution is -3.00. The van der Waals surface area contributed by atoms with Crippen LogP contribution in [-0.2, 0) is 13.1 Å². The van der Waals surface area contributed by atoms with E-state index in [1.54, 1.807) is 0 Å². The molecule has 0 atom stereocenters. The molecule has 17 heavy (non-hydrogen) atoms. The van der Waals surface area contributed by atoms with Crippen LogP contribution in [0, 0.1) is 6.92 Å². The smallest absolute Gasteiger partial charge is 0.265 e. The number of benzene rings is 1. The van der Waals surface area contributed by atoms with Crippen molar-refractivity contribution in [1.29, 1.82) is 0 Å². The number of aromatic nitrogens is 3. The zero-order valence-corrected chi connectivity index (χ0v) is 11.1. The molecule has 0 aliphatic heterocycles. The molecule has 1 aromatic heterocycles. The Labute approximate surface area is 109 Å². The van der Waals surface area contributed by atoms with Crippen molar-refractivity contribution in [2.75, 3.05) is 0 Å². The predicted octanol–water partition coefficient (Wildman–Crippen LogP) is -1.06. The number of aryl methyl sites for hydroxylation is 2. The summed E-state index contributed by atoms with van der Waals surface area (Å²) in [6.07, 6.45) is 5.07. The van der Waals surface area contributed by atoms with Crippen molar-refractivity contribution < 1.29 is 17.0 Å². The first-order valence-corrected chi connectivity index (χ1v) is 5.75. The summed E-state index contributed by atoms with van der Waals surface area (Å²) >= 11 is 0. The third kappa shape index (κ3) is 3.56. The Hall–Kier alpha value is -1.35. The third-order valence-corrected chi connectivity index (χ3v) is 2.70. The van der Waals surface area contributed by atoms with Crippen molar-refractivity contribution in [1.82, 2.24) is 9.78 Å². The Balaban J connectivity index is 0.00000144. The minimum atomic E-state index is 0.